The molecule has 0 spiro atoms. The Labute approximate surface area is 130 Å². The van der Waals surface area contributed by atoms with Crippen molar-refractivity contribution in [3.05, 3.63) is 36.1 Å². The van der Waals surface area contributed by atoms with Crippen molar-refractivity contribution < 1.29 is 18.5 Å². The first-order chi connectivity index (χ1) is 11.0. The van der Waals surface area contributed by atoms with Crippen molar-refractivity contribution in [1.82, 2.24) is 10.2 Å². The van der Waals surface area contributed by atoms with Crippen LogP contribution in [-0.4, -0.2) is 34.7 Å². The molecule has 0 unspecified atom stereocenters. The van der Waals surface area contributed by atoms with Gasteiger partial charge in [0.15, 0.2) is 0 Å². The number of carbonyl (C=O) groups excluding carboxylic acids is 2. The maximum atomic E-state index is 13.7. The summed E-state index contributed by atoms with van der Waals surface area (Å²) in [6, 6.07) is 7.54. The van der Waals surface area contributed by atoms with E-state index in [2.05, 4.69) is 15.6 Å². The zero-order valence-electron chi connectivity index (χ0n) is 12.2. The highest BCUT2D eigenvalue weighted by atomic mass is 19.1. The number of carbonyl (C=O) groups is 2. The highest BCUT2D eigenvalue weighted by Gasteiger charge is 2.23. The number of benzene rings is 1. The number of hydrogen-bond donors (Lipinski definition) is 1. The third kappa shape index (κ3) is 3.10. The van der Waals surface area contributed by atoms with Crippen LogP contribution in [0.1, 0.15) is 12.8 Å². The number of hydrazone groups is 1. The zero-order chi connectivity index (χ0) is 16.4. The molecule has 0 aliphatic carbocycles. The second-order valence-electron chi connectivity index (χ2n) is 4.97. The van der Waals surface area contributed by atoms with Gasteiger partial charge in [0.25, 0.3) is 5.91 Å². The van der Waals surface area contributed by atoms with Crippen molar-refractivity contribution >= 4 is 23.4 Å². The van der Waals surface area contributed by atoms with Crippen molar-refractivity contribution in [1.29, 1.82) is 0 Å². The van der Waals surface area contributed by atoms with E-state index in [1.165, 1.54) is 19.2 Å². The Morgan fingerprint density at radius 3 is 2.87 bits per heavy atom. The van der Waals surface area contributed by atoms with Crippen LogP contribution in [0.25, 0.3) is 11.3 Å². The van der Waals surface area contributed by atoms with E-state index < -0.39 is 11.7 Å². The van der Waals surface area contributed by atoms with E-state index in [1.54, 1.807) is 18.2 Å². The molecule has 1 aromatic carbocycles. The molecule has 0 fully saturated rings. The van der Waals surface area contributed by atoms with Gasteiger partial charge in [0.1, 0.15) is 17.2 Å². The van der Waals surface area contributed by atoms with E-state index in [-0.39, 0.29) is 41.6 Å². The number of halogens is 1. The topological polar surface area (TPSA) is 87.8 Å². The molecule has 0 bridgehead atoms. The summed E-state index contributed by atoms with van der Waals surface area (Å²) < 4.78 is 18.7. The number of nitrogens with zero attached hydrogens (tertiary/aromatic N) is 3. The van der Waals surface area contributed by atoms with Crippen molar-refractivity contribution in [3.8, 4) is 11.3 Å². The quantitative estimate of drug-likeness (QED) is 0.938. The van der Waals surface area contributed by atoms with Crippen LogP contribution in [-0.2, 0) is 9.59 Å². The Morgan fingerprint density at radius 2 is 2.13 bits per heavy atom. The summed E-state index contributed by atoms with van der Waals surface area (Å²) >= 11 is 0. The average molecular weight is 316 g/mol. The number of hydrogen-bond acceptors (Lipinski definition) is 5. The molecule has 2 amide bonds. The van der Waals surface area contributed by atoms with Crippen LogP contribution >= 0.6 is 0 Å². The molecule has 118 valence electrons. The van der Waals surface area contributed by atoms with Gasteiger partial charge < -0.3 is 4.52 Å². The highest BCUT2D eigenvalue weighted by molar-refractivity contribution is 6.43. The van der Waals surface area contributed by atoms with Crippen molar-refractivity contribution in [2.75, 3.05) is 12.4 Å². The van der Waals surface area contributed by atoms with Gasteiger partial charge in [-0.2, -0.15) is 5.10 Å². The molecule has 1 aliphatic heterocycles. The van der Waals surface area contributed by atoms with Crippen LogP contribution in [0.2, 0.25) is 0 Å². The lowest BCUT2D eigenvalue weighted by Gasteiger charge is -2.18. The molecule has 7 nitrogen and oxygen atoms in total. The number of rotatable bonds is 3. The summed E-state index contributed by atoms with van der Waals surface area (Å²) in [5.74, 6) is -0.991. The summed E-state index contributed by atoms with van der Waals surface area (Å²) in [7, 11) is 1.49. The Hall–Kier alpha value is -3.03. The second kappa shape index (κ2) is 5.99. The largest absolute Gasteiger partial charge is 0.338 e. The maximum absolute atomic E-state index is 13.7. The predicted molar refractivity (Wildman–Crippen MR) is 80.0 cm³/mol. The van der Waals surface area contributed by atoms with Crippen LogP contribution in [0, 0.1) is 5.82 Å². The number of amides is 2. The van der Waals surface area contributed by atoms with Crippen molar-refractivity contribution in [2.45, 2.75) is 12.8 Å². The lowest BCUT2D eigenvalue weighted by molar-refractivity contribution is -0.130. The van der Waals surface area contributed by atoms with E-state index in [4.69, 9.17) is 4.52 Å². The Morgan fingerprint density at radius 1 is 1.35 bits per heavy atom. The van der Waals surface area contributed by atoms with Crippen molar-refractivity contribution in [3.63, 3.8) is 0 Å². The van der Waals surface area contributed by atoms with Gasteiger partial charge in [-0.25, -0.2) is 9.40 Å². The third-order valence-corrected chi connectivity index (χ3v) is 3.37. The molecule has 8 heteroatoms. The Balaban J connectivity index is 1.75. The molecule has 0 saturated heterocycles. The number of aromatic nitrogens is 1. The van der Waals surface area contributed by atoms with Crippen LogP contribution in [0.15, 0.2) is 40.0 Å². The van der Waals surface area contributed by atoms with Gasteiger partial charge in [-0.3, -0.25) is 14.9 Å². The molecule has 0 radical (unpaired) electrons. The fraction of sp³-hybridized carbons (Fsp3) is 0.200. The lowest BCUT2D eigenvalue weighted by Crippen LogP contribution is -2.34. The normalized spacial score (nSPS) is 14.6. The predicted octanol–water partition coefficient (Wildman–Crippen LogP) is 2.03. The van der Waals surface area contributed by atoms with E-state index in [0.717, 1.165) is 5.01 Å². The number of nitrogens with one attached hydrogen (secondary N) is 1. The van der Waals surface area contributed by atoms with Gasteiger partial charge in [-0.1, -0.05) is 17.3 Å². The van der Waals surface area contributed by atoms with Crippen LogP contribution in [0.5, 0.6) is 0 Å². The molecule has 3 rings (SSSR count). The summed E-state index contributed by atoms with van der Waals surface area (Å²) in [6.45, 7) is 0. The van der Waals surface area contributed by atoms with Crippen LogP contribution in [0.3, 0.4) is 0 Å². The molecule has 0 saturated carbocycles. The molecule has 1 N–H and O–H groups in total. The van der Waals surface area contributed by atoms with Gasteiger partial charge in [-0.15, -0.1) is 0 Å². The van der Waals surface area contributed by atoms with Gasteiger partial charge in [0.05, 0.1) is 0 Å². The van der Waals surface area contributed by atoms with Crippen LogP contribution < -0.4 is 5.32 Å². The summed E-state index contributed by atoms with van der Waals surface area (Å²) in [6.07, 6.45) is 0.475. The van der Waals surface area contributed by atoms with E-state index in [1.807, 2.05) is 0 Å². The molecule has 2 aromatic rings. The first-order valence-electron chi connectivity index (χ1n) is 6.91. The minimum atomic E-state index is -0.486. The summed E-state index contributed by atoms with van der Waals surface area (Å²) in [5.41, 5.74) is 0.768. The molecular weight excluding hydrogens is 303 g/mol. The summed E-state index contributed by atoms with van der Waals surface area (Å²) in [4.78, 5) is 23.4. The van der Waals surface area contributed by atoms with Gasteiger partial charge in [0.2, 0.25) is 11.8 Å². The zero-order valence-corrected chi connectivity index (χ0v) is 12.2. The first-order valence-corrected chi connectivity index (χ1v) is 6.91. The molecule has 2 heterocycles. The minimum Gasteiger partial charge on any atom is -0.338 e. The SMILES string of the molecule is CN1N=C(C(=O)Nc2cc(-c3ccccc3F)no2)CCC1=O. The maximum Gasteiger partial charge on any atom is 0.274 e. The summed E-state index contributed by atoms with van der Waals surface area (Å²) in [5, 5.41) is 11.3. The Bertz CT molecular complexity index is 800. The molecule has 1 aliphatic rings. The van der Waals surface area contributed by atoms with Gasteiger partial charge in [-0.05, 0) is 12.1 Å². The van der Waals surface area contributed by atoms with Crippen LogP contribution in [0.4, 0.5) is 10.3 Å². The minimum absolute atomic E-state index is 0.0792. The molecule has 0 atom stereocenters. The molecule has 23 heavy (non-hydrogen) atoms. The third-order valence-electron chi connectivity index (χ3n) is 3.37. The fourth-order valence-electron chi connectivity index (χ4n) is 2.15. The Kier molecular flexibility index (Phi) is 3.88. The standard InChI is InChI=1S/C15H13FN4O3/c1-20-14(21)7-6-11(18-20)15(22)17-13-8-12(19-23-13)9-4-2-3-5-10(9)16/h2-5,8H,6-7H2,1H3,(H,17,22). The van der Waals surface area contributed by atoms with E-state index >= 15 is 0 Å². The highest BCUT2D eigenvalue weighted by Crippen LogP contribution is 2.24. The second-order valence-corrected chi connectivity index (χ2v) is 4.97. The van der Waals surface area contributed by atoms with E-state index in [9.17, 15) is 14.0 Å². The van der Waals surface area contributed by atoms with Gasteiger partial charge in [0, 0.05) is 31.5 Å². The molecular formula is C15H13FN4O3. The van der Waals surface area contributed by atoms with Gasteiger partial charge >= 0.3 is 0 Å². The lowest BCUT2D eigenvalue weighted by atomic mass is 10.1. The number of anilines is 1. The first kappa shape index (κ1) is 14.9. The average Bonchev–Trinajstić information content (AvgIpc) is 2.98. The fourth-order valence-corrected chi connectivity index (χ4v) is 2.15. The van der Waals surface area contributed by atoms with E-state index in [0.29, 0.717) is 0 Å². The van der Waals surface area contributed by atoms with Crippen molar-refractivity contribution in [2.24, 2.45) is 5.10 Å². The smallest absolute Gasteiger partial charge is 0.274 e. The monoisotopic (exact) mass is 316 g/mol. The molecule has 1 aromatic heterocycles.